The van der Waals surface area contributed by atoms with Gasteiger partial charge < -0.3 is 5.32 Å². The Morgan fingerprint density at radius 2 is 1.95 bits per heavy atom. The fraction of sp³-hybridized carbons (Fsp3) is 0.250. The summed E-state index contributed by atoms with van der Waals surface area (Å²) in [6.07, 6.45) is 2.27. The summed E-state index contributed by atoms with van der Waals surface area (Å²) >= 11 is 3.75. The number of aryl methyl sites for hydroxylation is 1. The molecular weight excluding hydrogens is 270 g/mol. The molecule has 0 aliphatic rings. The molecular formula is C16H17NS2. The molecule has 0 fully saturated rings. The van der Waals surface area contributed by atoms with Crippen LogP contribution in [0.2, 0.25) is 0 Å². The van der Waals surface area contributed by atoms with Crippen LogP contribution >= 0.6 is 22.7 Å². The van der Waals surface area contributed by atoms with Crippen molar-refractivity contribution in [2.75, 3.05) is 7.05 Å². The molecule has 19 heavy (non-hydrogen) atoms. The van der Waals surface area contributed by atoms with Crippen LogP contribution < -0.4 is 5.32 Å². The van der Waals surface area contributed by atoms with Gasteiger partial charge >= 0.3 is 0 Å². The fourth-order valence-electron chi connectivity index (χ4n) is 2.34. The normalized spacial score (nSPS) is 12.9. The third-order valence-corrected chi connectivity index (χ3v) is 5.62. The number of benzene rings is 1. The minimum atomic E-state index is 0.463. The molecule has 2 aromatic heterocycles. The molecule has 0 aliphatic carbocycles. The SMILES string of the molecule is CNC(CCc1ccccc1)c1cc2sccc2s1. The summed E-state index contributed by atoms with van der Waals surface area (Å²) in [5.41, 5.74) is 1.42. The minimum absolute atomic E-state index is 0.463. The van der Waals surface area contributed by atoms with Crippen molar-refractivity contribution in [2.45, 2.75) is 18.9 Å². The van der Waals surface area contributed by atoms with Crippen LogP contribution in [0, 0.1) is 0 Å². The van der Waals surface area contributed by atoms with Crippen LogP contribution in [0.15, 0.2) is 47.8 Å². The van der Waals surface area contributed by atoms with Gasteiger partial charge in [-0.05, 0) is 43.0 Å². The topological polar surface area (TPSA) is 12.0 Å². The van der Waals surface area contributed by atoms with Gasteiger partial charge in [0.25, 0.3) is 0 Å². The molecule has 1 nitrogen and oxygen atoms in total. The number of thiophene rings is 2. The highest BCUT2D eigenvalue weighted by molar-refractivity contribution is 7.26. The summed E-state index contributed by atoms with van der Waals surface area (Å²) in [5.74, 6) is 0. The third kappa shape index (κ3) is 2.89. The van der Waals surface area contributed by atoms with Gasteiger partial charge in [0, 0.05) is 20.3 Å². The molecule has 0 radical (unpaired) electrons. The quantitative estimate of drug-likeness (QED) is 0.707. The van der Waals surface area contributed by atoms with Gasteiger partial charge in [-0.2, -0.15) is 0 Å². The maximum atomic E-state index is 3.45. The molecule has 0 aliphatic heterocycles. The Balaban J connectivity index is 1.72. The first kappa shape index (κ1) is 12.9. The molecule has 1 aromatic carbocycles. The van der Waals surface area contributed by atoms with Crippen molar-refractivity contribution in [2.24, 2.45) is 0 Å². The zero-order valence-electron chi connectivity index (χ0n) is 10.9. The van der Waals surface area contributed by atoms with E-state index < -0.39 is 0 Å². The van der Waals surface area contributed by atoms with Gasteiger partial charge in [0.1, 0.15) is 0 Å². The molecule has 2 heterocycles. The molecule has 1 N–H and O–H groups in total. The zero-order chi connectivity index (χ0) is 13.1. The highest BCUT2D eigenvalue weighted by atomic mass is 32.1. The molecule has 1 atom stereocenters. The number of fused-ring (bicyclic) bond motifs is 1. The molecule has 98 valence electrons. The van der Waals surface area contributed by atoms with E-state index >= 15 is 0 Å². The largest absolute Gasteiger partial charge is 0.312 e. The Labute approximate surface area is 121 Å². The maximum Gasteiger partial charge on any atom is 0.0454 e. The number of hydrogen-bond acceptors (Lipinski definition) is 3. The van der Waals surface area contributed by atoms with Gasteiger partial charge in [-0.1, -0.05) is 30.3 Å². The first-order valence-electron chi connectivity index (χ1n) is 6.55. The van der Waals surface area contributed by atoms with E-state index in [2.05, 4.69) is 60.2 Å². The summed E-state index contributed by atoms with van der Waals surface area (Å²) in [6, 6.07) is 15.8. The summed E-state index contributed by atoms with van der Waals surface area (Å²) in [5, 5.41) is 5.62. The van der Waals surface area contributed by atoms with Crippen LogP contribution in [0.5, 0.6) is 0 Å². The summed E-state index contributed by atoms with van der Waals surface area (Å²) < 4.78 is 2.83. The Kier molecular flexibility index (Phi) is 3.97. The lowest BCUT2D eigenvalue weighted by Crippen LogP contribution is -2.15. The fourth-order valence-corrected chi connectivity index (χ4v) is 4.60. The van der Waals surface area contributed by atoms with E-state index in [1.54, 1.807) is 0 Å². The molecule has 0 saturated heterocycles. The van der Waals surface area contributed by atoms with E-state index in [0.717, 1.165) is 12.8 Å². The number of nitrogens with one attached hydrogen (secondary N) is 1. The second kappa shape index (κ2) is 5.87. The molecule has 0 saturated carbocycles. The second-order valence-electron chi connectivity index (χ2n) is 4.66. The zero-order valence-corrected chi connectivity index (χ0v) is 12.6. The highest BCUT2D eigenvalue weighted by Gasteiger charge is 2.13. The Hall–Kier alpha value is -1.16. The average Bonchev–Trinajstić information content (AvgIpc) is 3.02. The molecule has 3 heteroatoms. The van der Waals surface area contributed by atoms with Crippen molar-refractivity contribution in [1.82, 2.24) is 5.32 Å². The van der Waals surface area contributed by atoms with E-state index in [-0.39, 0.29) is 0 Å². The van der Waals surface area contributed by atoms with Gasteiger partial charge in [-0.15, -0.1) is 22.7 Å². The minimum Gasteiger partial charge on any atom is -0.312 e. The predicted octanol–water partition coefficient (Wildman–Crippen LogP) is 4.86. The molecule has 1 unspecified atom stereocenters. The van der Waals surface area contributed by atoms with Gasteiger partial charge in [0.2, 0.25) is 0 Å². The van der Waals surface area contributed by atoms with Gasteiger partial charge in [-0.3, -0.25) is 0 Å². The van der Waals surface area contributed by atoms with Gasteiger partial charge in [0.05, 0.1) is 0 Å². The molecule has 0 spiro atoms. The standard InChI is InChI=1S/C16H17NS2/c1-17-13(8-7-12-5-3-2-4-6-12)15-11-16-14(19-15)9-10-18-16/h2-6,9-11,13,17H,7-8H2,1H3. The third-order valence-electron chi connectivity index (χ3n) is 3.41. The summed E-state index contributed by atoms with van der Waals surface area (Å²) in [4.78, 5) is 1.46. The van der Waals surface area contributed by atoms with Gasteiger partial charge in [-0.25, -0.2) is 0 Å². The second-order valence-corrected chi connectivity index (χ2v) is 6.73. The van der Waals surface area contributed by atoms with E-state index in [1.807, 2.05) is 22.7 Å². The maximum absolute atomic E-state index is 3.45. The van der Waals surface area contributed by atoms with Crippen molar-refractivity contribution >= 4 is 32.1 Å². The van der Waals surface area contributed by atoms with Crippen LogP contribution in [0.4, 0.5) is 0 Å². The smallest absolute Gasteiger partial charge is 0.0454 e. The number of rotatable bonds is 5. The molecule has 0 bridgehead atoms. The van der Waals surface area contributed by atoms with Crippen LogP contribution in [0.25, 0.3) is 9.40 Å². The van der Waals surface area contributed by atoms with Crippen molar-refractivity contribution in [3.05, 3.63) is 58.3 Å². The van der Waals surface area contributed by atoms with E-state index in [9.17, 15) is 0 Å². The summed E-state index contributed by atoms with van der Waals surface area (Å²) in [6.45, 7) is 0. The predicted molar refractivity (Wildman–Crippen MR) is 86.3 cm³/mol. The lowest BCUT2D eigenvalue weighted by Gasteiger charge is -2.14. The van der Waals surface area contributed by atoms with Crippen LogP contribution in [0.3, 0.4) is 0 Å². The first-order chi connectivity index (χ1) is 9.36. The number of hydrogen-bond donors (Lipinski definition) is 1. The Morgan fingerprint density at radius 3 is 2.68 bits per heavy atom. The van der Waals surface area contributed by atoms with E-state index in [1.165, 1.54) is 19.8 Å². The molecule has 0 amide bonds. The lowest BCUT2D eigenvalue weighted by molar-refractivity contribution is 0.558. The molecule has 3 rings (SSSR count). The average molecular weight is 287 g/mol. The molecule has 3 aromatic rings. The van der Waals surface area contributed by atoms with Crippen molar-refractivity contribution in [3.63, 3.8) is 0 Å². The monoisotopic (exact) mass is 287 g/mol. The highest BCUT2D eigenvalue weighted by Crippen LogP contribution is 2.34. The van der Waals surface area contributed by atoms with Crippen molar-refractivity contribution in [3.8, 4) is 0 Å². The van der Waals surface area contributed by atoms with Crippen molar-refractivity contribution in [1.29, 1.82) is 0 Å². The first-order valence-corrected chi connectivity index (χ1v) is 8.24. The van der Waals surface area contributed by atoms with Crippen molar-refractivity contribution < 1.29 is 0 Å². The van der Waals surface area contributed by atoms with Crippen LogP contribution in [0.1, 0.15) is 22.9 Å². The van der Waals surface area contributed by atoms with Crippen LogP contribution in [-0.4, -0.2) is 7.05 Å². The van der Waals surface area contributed by atoms with E-state index in [4.69, 9.17) is 0 Å². The van der Waals surface area contributed by atoms with Crippen LogP contribution in [-0.2, 0) is 6.42 Å². The lowest BCUT2D eigenvalue weighted by atomic mass is 10.0. The summed E-state index contributed by atoms with van der Waals surface area (Å²) in [7, 11) is 2.06. The Bertz CT molecular complexity index is 610. The van der Waals surface area contributed by atoms with Gasteiger partial charge in [0.15, 0.2) is 0 Å². The van der Waals surface area contributed by atoms with E-state index in [0.29, 0.717) is 6.04 Å². The Morgan fingerprint density at radius 1 is 1.11 bits per heavy atom.